The van der Waals surface area contributed by atoms with Crippen molar-refractivity contribution >= 4 is 29.4 Å². The van der Waals surface area contributed by atoms with Gasteiger partial charge in [-0.25, -0.2) is 0 Å². The largest absolute Gasteiger partial charge is 0.481 e. The van der Waals surface area contributed by atoms with Crippen LogP contribution in [0.15, 0.2) is 35.5 Å². The molecule has 2 amide bonds. The topological polar surface area (TPSA) is 169 Å². The summed E-state index contributed by atoms with van der Waals surface area (Å²) in [4.78, 5) is 69.9. The Balaban J connectivity index is 0.00000279. The molecule has 0 spiro atoms. The molecule has 0 aliphatic heterocycles. The first kappa shape index (κ1) is 44.2. The van der Waals surface area contributed by atoms with Gasteiger partial charge in [-0.05, 0) is 155 Å². The molecule has 0 bridgehead atoms. The maximum absolute atomic E-state index is 14.0. The van der Waals surface area contributed by atoms with Crippen LogP contribution >= 0.6 is 0 Å². The number of nitrogens with zero attached hydrogens (tertiary/aromatic N) is 1. The number of ketones is 2. The number of hydrogen-bond acceptors (Lipinski definition) is 7. The number of amides is 2. The van der Waals surface area contributed by atoms with Gasteiger partial charge in [0.1, 0.15) is 11.5 Å². The van der Waals surface area contributed by atoms with Crippen molar-refractivity contribution in [1.29, 1.82) is 0 Å². The summed E-state index contributed by atoms with van der Waals surface area (Å²) in [5.41, 5.74) is 6.34. The summed E-state index contributed by atoms with van der Waals surface area (Å²) in [7, 11) is 1.50. The van der Waals surface area contributed by atoms with Crippen LogP contribution in [0.1, 0.15) is 143 Å². The number of allylic oxidation sites excluding steroid dienone is 2. The summed E-state index contributed by atoms with van der Waals surface area (Å²) < 4.78 is 0. The van der Waals surface area contributed by atoms with Gasteiger partial charge in [-0.1, -0.05) is 53.2 Å². The first-order chi connectivity index (χ1) is 27.3. The monoisotopic (exact) mass is 801 g/mol. The van der Waals surface area contributed by atoms with E-state index in [-0.39, 0.29) is 64.4 Å². The summed E-state index contributed by atoms with van der Waals surface area (Å²) in [6, 6.07) is 5.21. The molecule has 5 saturated carbocycles. The van der Waals surface area contributed by atoms with Crippen LogP contribution in [0.3, 0.4) is 0 Å². The predicted octanol–water partition coefficient (Wildman–Crippen LogP) is 7.80. The number of Topliss-reactive ketones (excluding diaryl/α,β-unsaturated/α-hetero) is 2. The number of aliphatic carboxylic acids is 1. The number of hydrogen-bond donors (Lipinski definition) is 4. The van der Waals surface area contributed by atoms with E-state index in [1.807, 2.05) is 20.8 Å². The molecule has 6 aliphatic carbocycles. The van der Waals surface area contributed by atoms with Crippen molar-refractivity contribution < 1.29 is 29.1 Å². The van der Waals surface area contributed by atoms with E-state index >= 15 is 0 Å². The molecule has 6 aliphatic rings. The van der Waals surface area contributed by atoms with Crippen molar-refractivity contribution in [2.24, 2.45) is 81.2 Å². The van der Waals surface area contributed by atoms with Crippen LogP contribution in [0.2, 0.25) is 0 Å². The Hall–Kier alpha value is -3.40. The van der Waals surface area contributed by atoms with E-state index in [0.29, 0.717) is 66.9 Å². The number of carboxylic acid groups (broad SMARTS) is 1. The minimum atomic E-state index is -0.769. The summed E-state index contributed by atoms with van der Waals surface area (Å²) in [6.45, 7) is 17.8. The molecule has 0 radical (unpaired) electrons. The fourth-order valence-corrected chi connectivity index (χ4v) is 14.2. The van der Waals surface area contributed by atoms with Crippen LogP contribution in [0, 0.1) is 75.4 Å². The Kier molecular flexibility index (Phi) is 12.6. The van der Waals surface area contributed by atoms with Crippen LogP contribution in [-0.4, -0.2) is 58.6 Å². The van der Waals surface area contributed by atoms with Crippen LogP contribution < -0.4 is 16.4 Å². The predicted molar refractivity (Wildman–Crippen MR) is 225 cm³/mol. The second-order valence-electron chi connectivity index (χ2n) is 20.9. The lowest BCUT2D eigenvalue weighted by Crippen LogP contribution is -2.60. The zero-order valence-corrected chi connectivity index (χ0v) is 36.8. The van der Waals surface area contributed by atoms with Crippen molar-refractivity contribution in [3.8, 4) is 0 Å². The van der Waals surface area contributed by atoms with Gasteiger partial charge in [0.25, 0.3) is 5.91 Å². The molecule has 10 heteroatoms. The van der Waals surface area contributed by atoms with Crippen LogP contribution in [0.5, 0.6) is 0 Å². The molecule has 5 fully saturated rings. The third kappa shape index (κ3) is 7.73. The average molecular weight is 801 g/mol. The molecular weight excluding hydrogens is 729 g/mol. The van der Waals surface area contributed by atoms with Gasteiger partial charge >= 0.3 is 5.97 Å². The number of pyridine rings is 1. The van der Waals surface area contributed by atoms with E-state index in [1.54, 1.807) is 24.4 Å². The van der Waals surface area contributed by atoms with Gasteiger partial charge in [-0.3, -0.25) is 29.0 Å². The zero-order valence-electron chi connectivity index (χ0n) is 36.8. The van der Waals surface area contributed by atoms with Crippen molar-refractivity contribution in [3.05, 3.63) is 41.2 Å². The maximum Gasteiger partial charge on any atom is 0.306 e. The van der Waals surface area contributed by atoms with Crippen molar-refractivity contribution in [2.45, 2.75) is 138 Å². The van der Waals surface area contributed by atoms with Gasteiger partial charge in [-0.15, -0.1) is 0 Å². The van der Waals surface area contributed by atoms with Crippen LogP contribution in [-0.2, 0) is 19.2 Å². The number of carbonyl (C=O) groups excluding carboxylic acids is 4. The lowest BCUT2D eigenvalue weighted by atomic mass is 9.37. The van der Waals surface area contributed by atoms with Gasteiger partial charge in [0.05, 0.1) is 11.5 Å². The van der Waals surface area contributed by atoms with Gasteiger partial charge in [-0.2, -0.15) is 0 Å². The van der Waals surface area contributed by atoms with Crippen LogP contribution in [0.25, 0.3) is 0 Å². The molecule has 320 valence electrons. The van der Waals surface area contributed by atoms with E-state index in [2.05, 4.69) is 56.0 Å². The Morgan fingerprint density at radius 2 is 1.60 bits per heavy atom. The van der Waals surface area contributed by atoms with Gasteiger partial charge in [0.2, 0.25) is 5.91 Å². The van der Waals surface area contributed by atoms with Gasteiger partial charge in [0.15, 0.2) is 5.78 Å². The molecule has 1 heterocycles. The standard InChI is InChI=1S/C47H67N3O6.CH5N/c1-26(2)40-37(52)23-47(24-39(53)49-25-44(5,6)50-42(54)35-11-9-10-20-48-35)19-16-34-30(41(40)47)12-13-38-45(7)17-14-29(27(3)33(45)15-18-46(34,38)8)21-36(51)31-22-32(28(31)4)43(55)56;1-2/h9-11,20,26-34,38H,12-19,21-25H2,1-8H3,(H,49,53)(H,50,54)(H,55,56);2H2,1H3. The third-order valence-electron chi connectivity index (χ3n) is 17.1. The lowest BCUT2D eigenvalue weighted by molar-refractivity contribution is -0.173. The Bertz CT molecular complexity index is 1790. The Morgan fingerprint density at radius 1 is 0.931 bits per heavy atom. The van der Waals surface area contributed by atoms with E-state index in [0.717, 1.165) is 56.9 Å². The zero-order chi connectivity index (χ0) is 42.5. The SMILES string of the molecule is CC(C)C1=C2C3CCC4C(C)(CCC5C(C)C(CC(=O)C6CC(C(=O)O)C6C)CCC54C)C3CCC2(CC(=O)NCC(C)(C)NC(=O)c2ccccn2)CC1=O.CN. The molecule has 1 aromatic heterocycles. The highest BCUT2D eigenvalue weighted by Gasteiger charge is 2.65. The summed E-state index contributed by atoms with van der Waals surface area (Å²) in [6.07, 6.45) is 12.0. The first-order valence-electron chi connectivity index (χ1n) is 22.4. The van der Waals surface area contributed by atoms with Gasteiger partial charge < -0.3 is 21.5 Å². The van der Waals surface area contributed by atoms with Crippen molar-refractivity contribution in [2.75, 3.05) is 13.6 Å². The van der Waals surface area contributed by atoms with Gasteiger partial charge in [0, 0.05) is 43.3 Å². The fraction of sp³-hybridized carbons (Fsp3) is 0.750. The summed E-state index contributed by atoms with van der Waals surface area (Å²) >= 11 is 0. The molecule has 0 saturated heterocycles. The van der Waals surface area contributed by atoms with E-state index in [9.17, 15) is 29.1 Å². The molecule has 12 atom stereocenters. The number of rotatable bonds is 11. The second-order valence-corrected chi connectivity index (χ2v) is 20.9. The molecule has 12 unspecified atom stereocenters. The third-order valence-corrected chi connectivity index (χ3v) is 17.1. The highest BCUT2D eigenvalue weighted by Crippen LogP contribution is 2.72. The Labute approximate surface area is 347 Å². The second kappa shape index (κ2) is 16.6. The van der Waals surface area contributed by atoms with E-state index in [1.165, 1.54) is 12.6 Å². The van der Waals surface area contributed by atoms with E-state index < -0.39 is 16.9 Å². The Morgan fingerprint density at radius 3 is 2.24 bits per heavy atom. The quantitative estimate of drug-likeness (QED) is 0.176. The van der Waals surface area contributed by atoms with E-state index in [4.69, 9.17) is 0 Å². The number of aromatic nitrogens is 1. The minimum Gasteiger partial charge on any atom is -0.481 e. The molecule has 0 aromatic carbocycles. The lowest BCUT2D eigenvalue weighted by Gasteiger charge is -2.67. The first-order valence-corrected chi connectivity index (χ1v) is 22.4. The number of carboxylic acids is 1. The van der Waals surface area contributed by atoms with Crippen molar-refractivity contribution in [1.82, 2.24) is 15.6 Å². The van der Waals surface area contributed by atoms with Crippen LogP contribution in [0.4, 0.5) is 0 Å². The molecule has 10 nitrogen and oxygen atoms in total. The van der Waals surface area contributed by atoms with Crippen molar-refractivity contribution in [3.63, 3.8) is 0 Å². The maximum atomic E-state index is 14.0. The highest BCUT2D eigenvalue weighted by atomic mass is 16.4. The number of nitrogens with one attached hydrogen (secondary N) is 2. The number of nitrogens with two attached hydrogens (primary N) is 1. The fourth-order valence-electron chi connectivity index (χ4n) is 14.2. The minimum absolute atomic E-state index is 0.0652. The molecular formula is C48H72N4O6. The summed E-state index contributed by atoms with van der Waals surface area (Å²) in [5, 5.41) is 15.6. The average Bonchev–Trinajstić information content (AvgIpc) is 3.47. The molecule has 58 heavy (non-hydrogen) atoms. The molecule has 1 aromatic rings. The number of fused-ring (bicyclic) bond motifs is 7. The highest BCUT2D eigenvalue weighted by molar-refractivity contribution is 6.01. The number of carbonyl (C=O) groups is 5. The molecule has 5 N–H and O–H groups in total. The normalized spacial score (nSPS) is 37.8. The smallest absolute Gasteiger partial charge is 0.306 e. The summed E-state index contributed by atoms with van der Waals surface area (Å²) in [5.74, 6) is 1.71. The molecule has 7 rings (SSSR count).